The van der Waals surface area contributed by atoms with E-state index in [1.807, 2.05) is 25.1 Å². The van der Waals surface area contributed by atoms with Crippen molar-refractivity contribution in [2.75, 3.05) is 5.32 Å². The summed E-state index contributed by atoms with van der Waals surface area (Å²) < 4.78 is 6.14. The van der Waals surface area contributed by atoms with E-state index in [0.29, 0.717) is 11.4 Å². The van der Waals surface area contributed by atoms with Gasteiger partial charge in [0.25, 0.3) is 5.89 Å². The maximum Gasteiger partial charge on any atom is 0.311 e. The summed E-state index contributed by atoms with van der Waals surface area (Å²) in [6.45, 7) is 3.70. The molecule has 0 unspecified atom stereocenters. The van der Waals surface area contributed by atoms with Gasteiger partial charge in [-0.25, -0.2) is 4.98 Å². The van der Waals surface area contributed by atoms with Gasteiger partial charge in [-0.15, -0.1) is 0 Å². The van der Waals surface area contributed by atoms with Crippen LogP contribution in [0.15, 0.2) is 33.3 Å². The van der Waals surface area contributed by atoms with E-state index in [-0.39, 0.29) is 11.8 Å². The number of anilines is 1. The Balaban J connectivity index is 2.15. The van der Waals surface area contributed by atoms with Gasteiger partial charge in [0.05, 0.1) is 6.20 Å². The lowest BCUT2D eigenvalue weighted by Crippen LogP contribution is -2.12. The molecule has 0 atom stereocenters. The number of carbonyl (C=O) groups is 1. The fourth-order valence-electron chi connectivity index (χ4n) is 1.37. The Morgan fingerprint density at radius 3 is 2.76 bits per heavy atom. The average molecular weight is 295 g/mol. The Morgan fingerprint density at radius 1 is 1.41 bits per heavy atom. The molecule has 0 saturated heterocycles. The lowest BCUT2D eigenvalue weighted by molar-refractivity contribution is 0.0989. The van der Waals surface area contributed by atoms with Gasteiger partial charge in [0.2, 0.25) is 0 Å². The first-order valence-corrected chi connectivity index (χ1v) is 5.85. The highest BCUT2D eigenvalue weighted by Crippen LogP contribution is 2.20. The number of amides is 1. The lowest BCUT2D eigenvalue weighted by atomic mass is 10.2. The summed E-state index contributed by atoms with van der Waals surface area (Å²) in [5.41, 5.74) is 1.76. The van der Waals surface area contributed by atoms with Crippen molar-refractivity contribution in [3.05, 3.63) is 46.1 Å². The Labute approximate surface area is 107 Å². The van der Waals surface area contributed by atoms with Gasteiger partial charge >= 0.3 is 5.91 Å². The summed E-state index contributed by atoms with van der Waals surface area (Å²) in [5.74, 6) is 0.338. The van der Waals surface area contributed by atoms with E-state index in [1.165, 1.54) is 6.20 Å². The lowest BCUT2D eigenvalue weighted by Gasteiger charge is -2.04. The van der Waals surface area contributed by atoms with Crippen LogP contribution in [0.25, 0.3) is 0 Å². The summed E-state index contributed by atoms with van der Waals surface area (Å²) in [6.07, 6.45) is 1.52. The van der Waals surface area contributed by atoms with Crippen molar-refractivity contribution in [3.8, 4) is 0 Å². The zero-order valence-corrected chi connectivity index (χ0v) is 11.0. The van der Waals surface area contributed by atoms with E-state index in [1.54, 1.807) is 6.92 Å². The molecule has 1 heterocycles. The van der Waals surface area contributed by atoms with Crippen LogP contribution in [-0.2, 0) is 0 Å². The number of rotatable bonds is 2. The molecule has 0 bridgehead atoms. The quantitative estimate of drug-likeness (QED) is 0.924. The first-order chi connectivity index (χ1) is 8.06. The summed E-state index contributed by atoms with van der Waals surface area (Å²) in [4.78, 5) is 15.6. The van der Waals surface area contributed by atoms with Gasteiger partial charge in [-0.1, -0.05) is 15.9 Å². The second-order valence-electron chi connectivity index (χ2n) is 3.69. The second kappa shape index (κ2) is 4.71. The third-order valence-electron chi connectivity index (χ3n) is 2.23. The minimum atomic E-state index is -0.347. The molecular weight excluding hydrogens is 284 g/mol. The van der Waals surface area contributed by atoms with Crippen LogP contribution in [0.5, 0.6) is 0 Å². The Kier molecular flexibility index (Phi) is 3.28. The monoisotopic (exact) mass is 294 g/mol. The molecule has 5 heteroatoms. The molecule has 1 aromatic heterocycles. The molecule has 0 spiro atoms. The van der Waals surface area contributed by atoms with Crippen molar-refractivity contribution in [2.45, 2.75) is 13.8 Å². The van der Waals surface area contributed by atoms with Crippen molar-refractivity contribution < 1.29 is 9.21 Å². The second-order valence-corrected chi connectivity index (χ2v) is 4.55. The number of carbonyl (C=O) groups excluding carboxylic acids is 1. The zero-order valence-electron chi connectivity index (χ0n) is 9.45. The summed E-state index contributed by atoms with van der Waals surface area (Å²) in [5, 5.41) is 2.72. The summed E-state index contributed by atoms with van der Waals surface area (Å²) >= 11 is 3.40. The van der Waals surface area contributed by atoms with Crippen LogP contribution in [-0.4, -0.2) is 10.9 Å². The average Bonchev–Trinajstić information content (AvgIpc) is 2.70. The first-order valence-electron chi connectivity index (χ1n) is 5.06. The predicted molar refractivity (Wildman–Crippen MR) is 68.1 cm³/mol. The van der Waals surface area contributed by atoms with E-state index in [4.69, 9.17) is 4.42 Å². The Hall–Kier alpha value is -1.62. The summed E-state index contributed by atoms with van der Waals surface area (Å²) in [6, 6.07) is 5.56. The van der Waals surface area contributed by atoms with Crippen LogP contribution in [0.4, 0.5) is 5.69 Å². The van der Waals surface area contributed by atoms with Crippen molar-refractivity contribution in [3.63, 3.8) is 0 Å². The van der Waals surface area contributed by atoms with Crippen LogP contribution in [0.1, 0.15) is 22.0 Å². The van der Waals surface area contributed by atoms with Gasteiger partial charge in [0.1, 0.15) is 5.76 Å². The van der Waals surface area contributed by atoms with Gasteiger partial charge in [-0.05, 0) is 37.6 Å². The third-order valence-corrected chi connectivity index (χ3v) is 3.12. The minimum absolute atomic E-state index is 0.0723. The van der Waals surface area contributed by atoms with Crippen molar-refractivity contribution >= 4 is 27.5 Å². The predicted octanol–water partition coefficient (Wildman–Crippen LogP) is 3.31. The number of hydrogen-bond donors (Lipinski definition) is 1. The van der Waals surface area contributed by atoms with Gasteiger partial charge in [0.15, 0.2) is 0 Å². The highest BCUT2D eigenvalue weighted by molar-refractivity contribution is 9.10. The highest BCUT2D eigenvalue weighted by Gasteiger charge is 2.12. The molecule has 1 N–H and O–H groups in total. The molecule has 0 fully saturated rings. The maximum atomic E-state index is 11.7. The molecule has 0 aliphatic rings. The molecule has 2 rings (SSSR count). The van der Waals surface area contributed by atoms with E-state index in [2.05, 4.69) is 26.2 Å². The normalized spacial score (nSPS) is 10.3. The minimum Gasteiger partial charge on any atom is -0.438 e. The number of halogens is 1. The van der Waals surface area contributed by atoms with Crippen LogP contribution >= 0.6 is 15.9 Å². The van der Waals surface area contributed by atoms with E-state index >= 15 is 0 Å². The van der Waals surface area contributed by atoms with E-state index in [9.17, 15) is 4.79 Å². The number of hydrogen-bond acceptors (Lipinski definition) is 3. The smallest absolute Gasteiger partial charge is 0.311 e. The van der Waals surface area contributed by atoms with Crippen LogP contribution < -0.4 is 5.32 Å². The highest BCUT2D eigenvalue weighted by atomic mass is 79.9. The number of aryl methyl sites for hydroxylation is 2. The standard InChI is InChI=1S/C12H11BrN2O2/c1-7-5-9(3-4-10(7)13)15-11(16)12-14-6-8(2)17-12/h3-6H,1-2H3,(H,15,16). The molecular formula is C12H11BrN2O2. The van der Waals surface area contributed by atoms with E-state index in [0.717, 1.165) is 10.0 Å². The molecule has 1 aromatic carbocycles. The van der Waals surface area contributed by atoms with Gasteiger partial charge in [-0.2, -0.15) is 0 Å². The van der Waals surface area contributed by atoms with Crippen molar-refractivity contribution in [1.82, 2.24) is 4.98 Å². The fraction of sp³-hybridized carbons (Fsp3) is 0.167. The van der Waals surface area contributed by atoms with Gasteiger partial charge in [0, 0.05) is 10.2 Å². The Morgan fingerprint density at radius 2 is 2.18 bits per heavy atom. The molecule has 17 heavy (non-hydrogen) atoms. The number of oxazole rings is 1. The zero-order chi connectivity index (χ0) is 12.4. The first kappa shape index (κ1) is 11.9. The van der Waals surface area contributed by atoms with Gasteiger partial charge < -0.3 is 9.73 Å². The molecule has 88 valence electrons. The van der Waals surface area contributed by atoms with Crippen LogP contribution in [0.3, 0.4) is 0 Å². The fourth-order valence-corrected chi connectivity index (χ4v) is 1.61. The molecule has 0 radical (unpaired) electrons. The largest absolute Gasteiger partial charge is 0.438 e. The molecule has 0 aliphatic carbocycles. The molecule has 2 aromatic rings. The van der Waals surface area contributed by atoms with E-state index < -0.39 is 0 Å². The Bertz CT molecular complexity index is 563. The number of nitrogens with one attached hydrogen (secondary N) is 1. The topological polar surface area (TPSA) is 55.1 Å². The summed E-state index contributed by atoms with van der Waals surface area (Å²) in [7, 11) is 0. The SMILES string of the molecule is Cc1cnc(C(=O)Nc2ccc(Br)c(C)c2)o1. The molecule has 1 amide bonds. The van der Waals surface area contributed by atoms with Crippen molar-refractivity contribution in [1.29, 1.82) is 0 Å². The van der Waals surface area contributed by atoms with Crippen LogP contribution in [0, 0.1) is 13.8 Å². The number of aromatic nitrogens is 1. The van der Waals surface area contributed by atoms with Crippen molar-refractivity contribution in [2.24, 2.45) is 0 Å². The molecule has 4 nitrogen and oxygen atoms in total. The third kappa shape index (κ3) is 2.74. The molecule has 0 saturated carbocycles. The van der Waals surface area contributed by atoms with Gasteiger partial charge in [-0.3, -0.25) is 4.79 Å². The van der Waals surface area contributed by atoms with Crippen LogP contribution in [0.2, 0.25) is 0 Å². The molecule has 0 aliphatic heterocycles. The maximum absolute atomic E-state index is 11.7. The number of benzene rings is 1. The number of nitrogens with zero attached hydrogens (tertiary/aromatic N) is 1.